The van der Waals surface area contributed by atoms with E-state index in [9.17, 15) is 19.5 Å². The monoisotopic (exact) mass is 750 g/mol. The highest BCUT2D eigenvalue weighted by atomic mass is 35.5. The van der Waals surface area contributed by atoms with Crippen molar-refractivity contribution in [1.82, 2.24) is 20.5 Å². The van der Waals surface area contributed by atoms with E-state index in [0.717, 1.165) is 72.7 Å². The Kier molecular flexibility index (Phi) is 19.4. The number of nitrogens with zero attached hydrogens (tertiary/aromatic N) is 2. The summed E-state index contributed by atoms with van der Waals surface area (Å²) in [6.45, 7) is 11.5. The van der Waals surface area contributed by atoms with E-state index in [4.69, 9.17) is 25.8 Å². The van der Waals surface area contributed by atoms with Crippen LogP contribution in [0.4, 0.5) is 0 Å². The van der Waals surface area contributed by atoms with Crippen LogP contribution in [-0.2, 0) is 35.1 Å². The Labute approximate surface area is 313 Å². The van der Waals surface area contributed by atoms with E-state index in [2.05, 4.69) is 15.6 Å². The summed E-state index contributed by atoms with van der Waals surface area (Å²) in [5, 5.41) is 16.4. The summed E-state index contributed by atoms with van der Waals surface area (Å²) >= 11 is 7.26. The van der Waals surface area contributed by atoms with Gasteiger partial charge in [-0.15, -0.1) is 22.9 Å². The number of aliphatic hydroxyl groups is 1. The second-order valence-corrected chi connectivity index (χ2v) is 15.4. The van der Waals surface area contributed by atoms with Gasteiger partial charge < -0.3 is 34.9 Å². The van der Waals surface area contributed by atoms with Crippen molar-refractivity contribution >= 4 is 40.7 Å². The van der Waals surface area contributed by atoms with Crippen molar-refractivity contribution < 1.29 is 33.7 Å². The molecule has 3 rings (SSSR count). The minimum atomic E-state index is -0.844. The molecule has 1 saturated heterocycles. The van der Waals surface area contributed by atoms with Gasteiger partial charge in [0, 0.05) is 45.0 Å². The maximum Gasteiger partial charge on any atom is 0.246 e. The van der Waals surface area contributed by atoms with Gasteiger partial charge in [-0.05, 0) is 49.1 Å². The van der Waals surface area contributed by atoms with Crippen LogP contribution in [0.2, 0.25) is 0 Å². The highest BCUT2D eigenvalue weighted by molar-refractivity contribution is 7.13. The van der Waals surface area contributed by atoms with Crippen LogP contribution in [0, 0.1) is 12.3 Å². The molecule has 11 nitrogen and oxygen atoms in total. The summed E-state index contributed by atoms with van der Waals surface area (Å²) in [5.41, 5.74) is 4.18. The molecule has 286 valence electrons. The summed E-state index contributed by atoms with van der Waals surface area (Å²) in [7, 11) is 0. The first-order valence-electron chi connectivity index (χ1n) is 18.4. The van der Waals surface area contributed by atoms with Gasteiger partial charge in [-0.25, -0.2) is 4.98 Å². The number of unbranched alkanes of at least 4 members (excludes halogenated alkanes) is 5. The van der Waals surface area contributed by atoms with Gasteiger partial charge in [-0.1, -0.05) is 64.3 Å². The number of benzene rings is 1. The lowest BCUT2D eigenvalue weighted by Crippen LogP contribution is -2.57. The highest BCUT2D eigenvalue weighted by Crippen LogP contribution is 2.28. The number of carbonyl (C=O) groups is 3. The number of halogens is 1. The van der Waals surface area contributed by atoms with Gasteiger partial charge in [0.2, 0.25) is 17.7 Å². The van der Waals surface area contributed by atoms with Gasteiger partial charge in [-0.3, -0.25) is 14.4 Å². The molecule has 1 fully saturated rings. The molecule has 2 aromatic rings. The molecule has 1 aromatic heterocycles. The molecular weight excluding hydrogens is 692 g/mol. The molecule has 0 spiro atoms. The van der Waals surface area contributed by atoms with Gasteiger partial charge in [0.15, 0.2) is 0 Å². The summed E-state index contributed by atoms with van der Waals surface area (Å²) in [6, 6.07) is 6.26. The number of hydrogen-bond donors (Lipinski definition) is 3. The number of thiazole rings is 1. The molecule has 3 atom stereocenters. The molecule has 1 aliphatic rings. The van der Waals surface area contributed by atoms with Crippen molar-refractivity contribution in [1.29, 1.82) is 0 Å². The van der Waals surface area contributed by atoms with Crippen LogP contribution in [-0.4, -0.2) is 103 Å². The third-order valence-electron chi connectivity index (χ3n) is 8.82. The molecule has 3 amide bonds. The fraction of sp³-hybridized carbons (Fsp3) is 0.684. The molecule has 2 heterocycles. The average molecular weight is 751 g/mol. The molecule has 0 bridgehead atoms. The fourth-order valence-electron chi connectivity index (χ4n) is 5.87. The maximum atomic E-state index is 13.9. The first-order chi connectivity index (χ1) is 24.5. The summed E-state index contributed by atoms with van der Waals surface area (Å²) in [4.78, 5) is 47.0. The van der Waals surface area contributed by atoms with E-state index in [0.29, 0.717) is 46.0 Å². The predicted octanol–water partition coefficient (Wildman–Crippen LogP) is 5.64. The van der Waals surface area contributed by atoms with E-state index in [1.165, 1.54) is 4.90 Å². The lowest BCUT2D eigenvalue weighted by atomic mass is 9.85. The van der Waals surface area contributed by atoms with Crippen molar-refractivity contribution in [3.63, 3.8) is 0 Å². The number of likely N-dealkylation sites (tertiary alicyclic amines) is 1. The molecule has 1 aromatic carbocycles. The Hall–Kier alpha value is -2.61. The Morgan fingerprint density at radius 1 is 0.941 bits per heavy atom. The standard InChI is InChI=1S/C38H59ClN4O7S/c1-28-34(51-27-41-28)30-15-13-29(14-16-30)25-40-36(46)32-24-31(44)26-43(32)37(47)35(38(2,3)4)42-33(45)12-8-7-11-19-49-21-23-50-22-20-48-18-10-6-5-9-17-39/h13-16,27,31-32,35,44H,5-12,17-26H2,1-4H3,(H,40,46)(H,42,45)/t31-,32+,35-/m1/s1. The van der Waals surface area contributed by atoms with Crippen molar-refractivity contribution in [2.24, 2.45) is 5.41 Å². The fourth-order valence-corrected chi connectivity index (χ4v) is 6.87. The van der Waals surface area contributed by atoms with Gasteiger partial charge in [-0.2, -0.15) is 0 Å². The molecule has 0 unspecified atom stereocenters. The number of rotatable bonds is 24. The lowest BCUT2D eigenvalue weighted by Gasteiger charge is -2.35. The Balaban J connectivity index is 1.34. The Morgan fingerprint density at radius 3 is 2.14 bits per heavy atom. The van der Waals surface area contributed by atoms with E-state index >= 15 is 0 Å². The van der Waals surface area contributed by atoms with Crippen LogP contribution in [0.25, 0.3) is 10.4 Å². The number of aromatic nitrogens is 1. The molecule has 0 saturated carbocycles. The molecular formula is C38H59ClN4O7S. The van der Waals surface area contributed by atoms with Crippen LogP contribution in [0.1, 0.15) is 89.8 Å². The summed E-state index contributed by atoms with van der Waals surface area (Å²) < 4.78 is 16.7. The van der Waals surface area contributed by atoms with E-state index in [-0.39, 0.29) is 37.1 Å². The number of aliphatic hydroxyl groups excluding tert-OH is 1. The first kappa shape index (κ1) is 42.8. The summed E-state index contributed by atoms with van der Waals surface area (Å²) in [6.07, 6.45) is 6.30. The number of aryl methyl sites for hydroxylation is 1. The van der Waals surface area contributed by atoms with Crippen LogP contribution in [0.3, 0.4) is 0 Å². The Bertz CT molecular complexity index is 1320. The topological polar surface area (TPSA) is 139 Å². The number of alkyl halides is 1. The maximum absolute atomic E-state index is 13.9. The van der Waals surface area contributed by atoms with E-state index < -0.39 is 23.6 Å². The van der Waals surface area contributed by atoms with Crippen LogP contribution < -0.4 is 10.6 Å². The number of carbonyl (C=O) groups excluding carboxylic acids is 3. The number of hydrogen-bond acceptors (Lipinski definition) is 9. The van der Waals surface area contributed by atoms with Crippen molar-refractivity contribution in [3.05, 3.63) is 41.0 Å². The third-order valence-corrected chi connectivity index (χ3v) is 10.1. The lowest BCUT2D eigenvalue weighted by molar-refractivity contribution is -0.144. The molecule has 1 aliphatic heterocycles. The SMILES string of the molecule is Cc1ncsc1-c1ccc(CNC(=O)[C@@H]2C[C@@H](O)CN2C(=O)[C@@H](NC(=O)CCCCCOCCOCCOCCCCCCCl)C(C)(C)C)cc1. The van der Waals surface area contributed by atoms with Gasteiger partial charge in [0.25, 0.3) is 0 Å². The average Bonchev–Trinajstić information content (AvgIpc) is 3.72. The normalized spacial score (nSPS) is 16.7. The van der Waals surface area contributed by atoms with Crippen LogP contribution >= 0.6 is 22.9 Å². The zero-order valence-electron chi connectivity index (χ0n) is 30.9. The zero-order chi connectivity index (χ0) is 37.1. The molecule has 13 heteroatoms. The zero-order valence-corrected chi connectivity index (χ0v) is 32.5. The van der Waals surface area contributed by atoms with Crippen molar-refractivity contribution in [2.45, 2.75) is 110 Å². The van der Waals surface area contributed by atoms with Crippen molar-refractivity contribution in [2.75, 3.05) is 52.1 Å². The van der Waals surface area contributed by atoms with Crippen molar-refractivity contribution in [3.8, 4) is 10.4 Å². The minimum absolute atomic E-state index is 0.0386. The molecule has 0 aliphatic carbocycles. The number of nitrogens with one attached hydrogen (secondary N) is 2. The number of amides is 3. The van der Waals surface area contributed by atoms with Gasteiger partial charge in [0.1, 0.15) is 12.1 Å². The van der Waals surface area contributed by atoms with Crippen LogP contribution in [0.15, 0.2) is 29.8 Å². The van der Waals surface area contributed by atoms with Gasteiger partial charge in [0.05, 0.1) is 48.6 Å². The van der Waals surface area contributed by atoms with Gasteiger partial charge >= 0.3 is 0 Å². The number of ether oxygens (including phenoxy) is 3. The predicted molar refractivity (Wildman–Crippen MR) is 202 cm³/mol. The minimum Gasteiger partial charge on any atom is -0.391 e. The smallest absolute Gasteiger partial charge is 0.246 e. The molecule has 3 N–H and O–H groups in total. The first-order valence-corrected chi connectivity index (χ1v) is 19.8. The molecule has 0 radical (unpaired) electrons. The summed E-state index contributed by atoms with van der Waals surface area (Å²) in [5.74, 6) is -0.185. The quantitative estimate of drug-likeness (QED) is 0.0927. The highest BCUT2D eigenvalue weighted by Gasteiger charge is 2.44. The number of β-amino-alcohol motifs (C(OH)–C–C–N with tert-alkyl or cyclic N) is 1. The second kappa shape index (κ2) is 23.1. The molecule has 51 heavy (non-hydrogen) atoms. The van der Waals surface area contributed by atoms with Crippen LogP contribution in [0.5, 0.6) is 0 Å². The van der Waals surface area contributed by atoms with E-state index in [1.54, 1.807) is 11.3 Å². The third kappa shape index (κ3) is 15.5. The second-order valence-electron chi connectivity index (χ2n) is 14.2. The largest absolute Gasteiger partial charge is 0.391 e. The van der Waals surface area contributed by atoms with E-state index in [1.807, 2.05) is 57.5 Å². The Morgan fingerprint density at radius 2 is 1.55 bits per heavy atom.